The van der Waals surface area contributed by atoms with Crippen molar-refractivity contribution >= 4 is 28.9 Å². The first kappa shape index (κ1) is 18.1. The van der Waals surface area contributed by atoms with Crippen LogP contribution in [0, 0.1) is 0 Å². The fourth-order valence-electron chi connectivity index (χ4n) is 2.27. The Bertz CT molecular complexity index is 684. The van der Waals surface area contributed by atoms with E-state index in [2.05, 4.69) is 24.5 Å². The first-order valence-corrected chi connectivity index (χ1v) is 8.34. The number of hydrogen-bond acceptors (Lipinski definition) is 3. The molecular weight excluding hydrogens is 324 g/mol. The van der Waals surface area contributed by atoms with Gasteiger partial charge in [0, 0.05) is 24.3 Å². The molecular formula is C19H23ClN2O2. The van der Waals surface area contributed by atoms with Gasteiger partial charge in [-0.3, -0.25) is 4.79 Å². The maximum atomic E-state index is 12.0. The molecule has 0 radical (unpaired) electrons. The van der Waals surface area contributed by atoms with E-state index >= 15 is 0 Å². The number of rotatable bonds is 7. The fraction of sp³-hybridized carbons (Fsp3) is 0.316. The van der Waals surface area contributed by atoms with Crippen LogP contribution in [0.1, 0.15) is 31.7 Å². The summed E-state index contributed by atoms with van der Waals surface area (Å²) >= 11 is 6.07. The number of amides is 1. The molecule has 2 rings (SSSR count). The normalized spacial score (nSPS) is 10.5. The first-order valence-electron chi connectivity index (χ1n) is 7.97. The summed E-state index contributed by atoms with van der Waals surface area (Å²) < 4.78 is 5.11. The number of methoxy groups -OCH3 is 1. The van der Waals surface area contributed by atoms with Crippen LogP contribution < -0.4 is 15.4 Å². The molecule has 5 heteroatoms. The van der Waals surface area contributed by atoms with Crippen LogP contribution in [0.25, 0.3) is 0 Å². The lowest BCUT2D eigenvalue weighted by Crippen LogP contribution is -2.16. The number of anilines is 2. The number of carbonyl (C=O) groups is 1. The Hall–Kier alpha value is -2.20. The zero-order valence-corrected chi connectivity index (χ0v) is 15.0. The molecule has 0 aliphatic heterocycles. The summed E-state index contributed by atoms with van der Waals surface area (Å²) in [5.74, 6) is 1.08. The second-order valence-electron chi connectivity index (χ2n) is 5.85. The van der Waals surface area contributed by atoms with E-state index in [1.54, 1.807) is 19.2 Å². The summed E-state index contributed by atoms with van der Waals surface area (Å²) in [4.78, 5) is 12.0. The van der Waals surface area contributed by atoms with E-state index in [9.17, 15) is 4.79 Å². The molecule has 0 spiro atoms. The zero-order chi connectivity index (χ0) is 17.5. The quantitative estimate of drug-likeness (QED) is 0.748. The molecule has 0 fully saturated rings. The smallest absolute Gasteiger partial charge is 0.226 e. The lowest BCUT2D eigenvalue weighted by molar-refractivity contribution is -0.115. The average Bonchev–Trinajstić information content (AvgIpc) is 2.55. The third-order valence-electron chi connectivity index (χ3n) is 3.69. The molecule has 0 aliphatic rings. The van der Waals surface area contributed by atoms with Crippen molar-refractivity contribution in [2.75, 3.05) is 24.3 Å². The fourth-order valence-corrected chi connectivity index (χ4v) is 2.53. The molecule has 0 aliphatic carbocycles. The number of nitrogens with one attached hydrogen (secondary N) is 2. The Kier molecular flexibility index (Phi) is 6.50. The predicted molar refractivity (Wildman–Crippen MR) is 100 cm³/mol. The van der Waals surface area contributed by atoms with Crippen molar-refractivity contribution in [3.8, 4) is 5.75 Å². The number of benzene rings is 2. The van der Waals surface area contributed by atoms with Crippen LogP contribution >= 0.6 is 11.6 Å². The predicted octanol–water partition coefficient (Wildman–Crippen LogP) is 4.91. The highest BCUT2D eigenvalue weighted by atomic mass is 35.5. The second kappa shape index (κ2) is 8.60. The van der Waals surface area contributed by atoms with Crippen LogP contribution in [0.2, 0.25) is 5.02 Å². The standard InChI is InChI=1S/C19H23ClN2O2/c1-13(2)14-4-6-15(7-5-14)22-19(23)10-11-21-16-8-9-18(24-3)17(20)12-16/h4-9,12-13,21H,10-11H2,1-3H3,(H,22,23). The summed E-state index contributed by atoms with van der Waals surface area (Å²) in [7, 11) is 1.58. The van der Waals surface area contributed by atoms with E-state index in [1.807, 2.05) is 30.3 Å². The molecule has 0 saturated heterocycles. The van der Waals surface area contributed by atoms with Gasteiger partial charge < -0.3 is 15.4 Å². The minimum Gasteiger partial charge on any atom is -0.495 e. The molecule has 0 bridgehead atoms. The Labute approximate surface area is 148 Å². The van der Waals surface area contributed by atoms with Gasteiger partial charge in [0.15, 0.2) is 0 Å². The number of ether oxygens (including phenoxy) is 1. The van der Waals surface area contributed by atoms with Crippen molar-refractivity contribution in [2.45, 2.75) is 26.2 Å². The summed E-state index contributed by atoms with van der Waals surface area (Å²) in [5, 5.41) is 6.61. The van der Waals surface area contributed by atoms with Crippen molar-refractivity contribution < 1.29 is 9.53 Å². The molecule has 0 saturated carbocycles. The molecule has 24 heavy (non-hydrogen) atoms. The lowest BCUT2D eigenvalue weighted by atomic mass is 10.0. The molecule has 128 valence electrons. The molecule has 0 heterocycles. The molecule has 0 atom stereocenters. The molecule has 2 aromatic carbocycles. The minimum absolute atomic E-state index is 0.0283. The number of hydrogen-bond donors (Lipinski definition) is 2. The number of carbonyl (C=O) groups excluding carboxylic acids is 1. The summed E-state index contributed by atoms with van der Waals surface area (Å²) in [6.45, 7) is 4.81. The van der Waals surface area contributed by atoms with Crippen molar-refractivity contribution in [2.24, 2.45) is 0 Å². The van der Waals surface area contributed by atoms with Gasteiger partial charge in [-0.2, -0.15) is 0 Å². The third kappa shape index (κ3) is 5.17. The molecule has 0 unspecified atom stereocenters. The van der Waals surface area contributed by atoms with Crippen LogP contribution in [0.15, 0.2) is 42.5 Å². The summed E-state index contributed by atoms with van der Waals surface area (Å²) in [6.07, 6.45) is 0.371. The molecule has 1 amide bonds. The summed E-state index contributed by atoms with van der Waals surface area (Å²) in [6, 6.07) is 13.4. The van der Waals surface area contributed by atoms with Gasteiger partial charge in [-0.05, 0) is 41.8 Å². The molecule has 2 N–H and O–H groups in total. The Morgan fingerprint density at radius 2 is 1.79 bits per heavy atom. The average molecular weight is 347 g/mol. The van der Waals surface area contributed by atoms with Crippen LogP contribution in [0.4, 0.5) is 11.4 Å². The van der Waals surface area contributed by atoms with Gasteiger partial charge in [-0.15, -0.1) is 0 Å². The Morgan fingerprint density at radius 3 is 2.38 bits per heavy atom. The minimum atomic E-state index is -0.0283. The molecule has 2 aromatic rings. The van der Waals surface area contributed by atoms with E-state index < -0.39 is 0 Å². The van der Waals surface area contributed by atoms with E-state index in [1.165, 1.54) is 5.56 Å². The van der Waals surface area contributed by atoms with E-state index in [0.29, 0.717) is 29.7 Å². The SMILES string of the molecule is COc1ccc(NCCC(=O)Nc2ccc(C(C)C)cc2)cc1Cl. The van der Waals surface area contributed by atoms with E-state index in [0.717, 1.165) is 11.4 Å². The van der Waals surface area contributed by atoms with Crippen LogP contribution in [-0.4, -0.2) is 19.6 Å². The Morgan fingerprint density at radius 1 is 1.12 bits per heavy atom. The van der Waals surface area contributed by atoms with Gasteiger partial charge >= 0.3 is 0 Å². The highest BCUT2D eigenvalue weighted by Crippen LogP contribution is 2.27. The van der Waals surface area contributed by atoms with Crippen molar-refractivity contribution in [1.82, 2.24) is 0 Å². The van der Waals surface area contributed by atoms with Gasteiger partial charge in [-0.1, -0.05) is 37.6 Å². The highest BCUT2D eigenvalue weighted by molar-refractivity contribution is 6.32. The van der Waals surface area contributed by atoms with Crippen molar-refractivity contribution in [3.05, 3.63) is 53.1 Å². The van der Waals surface area contributed by atoms with Gasteiger partial charge in [0.05, 0.1) is 12.1 Å². The second-order valence-corrected chi connectivity index (χ2v) is 6.26. The molecule has 4 nitrogen and oxygen atoms in total. The third-order valence-corrected chi connectivity index (χ3v) is 3.99. The Balaban J connectivity index is 1.79. The van der Waals surface area contributed by atoms with E-state index in [4.69, 9.17) is 16.3 Å². The van der Waals surface area contributed by atoms with Crippen LogP contribution in [0.5, 0.6) is 5.75 Å². The maximum Gasteiger partial charge on any atom is 0.226 e. The van der Waals surface area contributed by atoms with E-state index in [-0.39, 0.29) is 5.91 Å². The maximum absolute atomic E-state index is 12.0. The van der Waals surface area contributed by atoms with Gasteiger partial charge in [0.2, 0.25) is 5.91 Å². The lowest BCUT2D eigenvalue weighted by Gasteiger charge is -2.10. The first-order chi connectivity index (χ1) is 11.5. The molecule has 0 aromatic heterocycles. The monoisotopic (exact) mass is 346 g/mol. The van der Waals surface area contributed by atoms with Gasteiger partial charge in [-0.25, -0.2) is 0 Å². The topological polar surface area (TPSA) is 50.4 Å². The van der Waals surface area contributed by atoms with Crippen molar-refractivity contribution in [1.29, 1.82) is 0 Å². The highest BCUT2D eigenvalue weighted by Gasteiger charge is 2.05. The van der Waals surface area contributed by atoms with Crippen LogP contribution in [-0.2, 0) is 4.79 Å². The summed E-state index contributed by atoms with van der Waals surface area (Å²) in [5.41, 5.74) is 2.93. The van der Waals surface area contributed by atoms with Crippen LogP contribution in [0.3, 0.4) is 0 Å². The number of halogens is 1. The largest absolute Gasteiger partial charge is 0.495 e. The van der Waals surface area contributed by atoms with Crippen molar-refractivity contribution in [3.63, 3.8) is 0 Å². The van der Waals surface area contributed by atoms with Gasteiger partial charge in [0.1, 0.15) is 5.75 Å². The van der Waals surface area contributed by atoms with Gasteiger partial charge in [0.25, 0.3) is 0 Å². The zero-order valence-electron chi connectivity index (χ0n) is 14.2.